The molecule has 0 bridgehead atoms. The largest absolute Gasteiger partial charge is 0.449 e. The zero-order chi connectivity index (χ0) is 16.8. The molecule has 1 fully saturated rings. The van der Waals surface area contributed by atoms with Gasteiger partial charge in [-0.3, -0.25) is 15.1 Å². The third kappa shape index (κ3) is 4.80. The number of nitro groups is 1. The van der Waals surface area contributed by atoms with Gasteiger partial charge in [-0.05, 0) is 24.3 Å². The highest BCUT2D eigenvalue weighted by atomic mass is 16.6. The summed E-state index contributed by atoms with van der Waals surface area (Å²) in [6.07, 6.45) is 3.31. The molecule has 0 aromatic carbocycles. The lowest BCUT2D eigenvalue weighted by molar-refractivity contribution is -0.384. The molecule has 0 saturated carbocycles. The van der Waals surface area contributed by atoms with Gasteiger partial charge in [0.15, 0.2) is 0 Å². The Balaban J connectivity index is 1.82. The Labute approximate surface area is 135 Å². The van der Waals surface area contributed by atoms with Crippen LogP contribution >= 0.6 is 0 Å². The van der Waals surface area contributed by atoms with E-state index in [2.05, 4.69) is 10.3 Å². The SMILES string of the molecule is CC(C)COC(=O)N1CCC(CNc2ccncc2[N+](=O)[O-])C1. The van der Waals surface area contributed by atoms with Crippen LogP contribution in [0.25, 0.3) is 0 Å². The second-order valence-corrected chi connectivity index (χ2v) is 6.10. The first-order valence-corrected chi connectivity index (χ1v) is 7.71. The Morgan fingerprint density at radius 1 is 1.61 bits per heavy atom. The van der Waals surface area contributed by atoms with Gasteiger partial charge in [0.2, 0.25) is 0 Å². The first-order chi connectivity index (χ1) is 11.0. The summed E-state index contributed by atoms with van der Waals surface area (Å²) in [7, 11) is 0. The van der Waals surface area contributed by atoms with Gasteiger partial charge in [-0.15, -0.1) is 0 Å². The Kier molecular flexibility index (Phi) is 5.72. The fourth-order valence-electron chi connectivity index (χ4n) is 2.43. The quantitative estimate of drug-likeness (QED) is 0.638. The van der Waals surface area contributed by atoms with Crippen LogP contribution in [-0.2, 0) is 4.74 Å². The summed E-state index contributed by atoms with van der Waals surface area (Å²) in [5, 5.41) is 14.0. The number of hydrogen-bond donors (Lipinski definition) is 1. The molecule has 126 valence electrons. The average Bonchev–Trinajstić information content (AvgIpc) is 2.99. The monoisotopic (exact) mass is 322 g/mol. The molecule has 1 aromatic rings. The number of rotatable bonds is 6. The van der Waals surface area contributed by atoms with Crippen LogP contribution in [-0.4, -0.2) is 47.1 Å². The van der Waals surface area contributed by atoms with Gasteiger partial charge in [0, 0.05) is 25.8 Å². The number of carbonyl (C=O) groups is 1. The normalized spacial score (nSPS) is 17.3. The molecule has 1 amide bonds. The minimum absolute atomic E-state index is 0.0429. The van der Waals surface area contributed by atoms with E-state index in [4.69, 9.17) is 4.74 Å². The lowest BCUT2D eigenvalue weighted by atomic mass is 10.1. The van der Waals surface area contributed by atoms with Crippen LogP contribution in [0, 0.1) is 22.0 Å². The van der Waals surface area contributed by atoms with Crippen molar-refractivity contribution in [3.8, 4) is 0 Å². The molecule has 1 saturated heterocycles. The zero-order valence-electron chi connectivity index (χ0n) is 13.4. The molecule has 0 aliphatic carbocycles. The van der Waals surface area contributed by atoms with Gasteiger partial charge >= 0.3 is 11.8 Å². The summed E-state index contributed by atoms with van der Waals surface area (Å²) < 4.78 is 5.22. The van der Waals surface area contributed by atoms with E-state index >= 15 is 0 Å². The number of amides is 1. The molecule has 2 heterocycles. The Hall–Kier alpha value is -2.38. The topological polar surface area (TPSA) is 97.6 Å². The smallest absolute Gasteiger partial charge is 0.409 e. The molecule has 1 aromatic heterocycles. The molecule has 1 aliphatic rings. The number of pyridine rings is 1. The van der Waals surface area contributed by atoms with Crippen molar-refractivity contribution in [3.63, 3.8) is 0 Å². The molecular formula is C15H22N4O4. The number of hydrogen-bond acceptors (Lipinski definition) is 6. The lowest BCUT2D eigenvalue weighted by Gasteiger charge is -2.17. The minimum atomic E-state index is -0.459. The maximum absolute atomic E-state index is 11.9. The van der Waals surface area contributed by atoms with Gasteiger partial charge in [0.25, 0.3) is 0 Å². The van der Waals surface area contributed by atoms with Gasteiger partial charge in [-0.1, -0.05) is 13.8 Å². The van der Waals surface area contributed by atoms with Gasteiger partial charge in [-0.25, -0.2) is 4.79 Å². The molecule has 2 rings (SSSR count). The van der Waals surface area contributed by atoms with Crippen molar-refractivity contribution in [2.24, 2.45) is 11.8 Å². The number of anilines is 1. The van der Waals surface area contributed by atoms with Crippen molar-refractivity contribution in [1.82, 2.24) is 9.88 Å². The number of likely N-dealkylation sites (tertiary alicyclic amines) is 1. The average molecular weight is 322 g/mol. The van der Waals surface area contributed by atoms with E-state index in [0.29, 0.717) is 37.8 Å². The molecular weight excluding hydrogens is 300 g/mol. The molecule has 0 radical (unpaired) electrons. The minimum Gasteiger partial charge on any atom is -0.449 e. The second kappa shape index (κ2) is 7.75. The van der Waals surface area contributed by atoms with Crippen LogP contribution in [0.15, 0.2) is 18.5 Å². The van der Waals surface area contributed by atoms with Crippen molar-refractivity contribution in [1.29, 1.82) is 0 Å². The molecule has 1 atom stereocenters. The van der Waals surface area contributed by atoms with Crippen molar-refractivity contribution in [3.05, 3.63) is 28.6 Å². The molecule has 8 heteroatoms. The highest BCUT2D eigenvalue weighted by molar-refractivity contribution is 5.68. The van der Waals surface area contributed by atoms with E-state index in [0.717, 1.165) is 6.42 Å². The van der Waals surface area contributed by atoms with Gasteiger partial charge < -0.3 is 15.0 Å². The van der Waals surface area contributed by atoms with E-state index < -0.39 is 4.92 Å². The first-order valence-electron chi connectivity index (χ1n) is 7.71. The van der Waals surface area contributed by atoms with Gasteiger partial charge in [-0.2, -0.15) is 0 Å². The maximum atomic E-state index is 11.9. The Bertz CT molecular complexity index is 564. The predicted molar refractivity (Wildman–Crippen MR) is 85.2 cm³/mol. The van der Waals surface area contributed by atoms with Crippen molar-refractivity contribution >= 4 is 17.5 Å². The predicted octanol–water partition coefficient (Wildman–Crippen LogP) is 2.52. The molecule has 0 spiro atoms. The molecule has 23 heavy (non-hydrogen) atoms. The van der Waals surface area contributed by atoms with E-state index in [1.54, 1.807) is 11.0 Å². The van der Waals surface area contributed by atoms with E-state index in [1.165, 1.54) is 12.4 Å². The lowest BCUT2D eigenvalue weighted by Crippen LogP contribution is -2.31. The molecule has 1 unspecified atom stereocenters. The summed E-state index contributed by atoms with van der Waals surface area (Å²) >= 11 is 0. The third-order valence-corrected chi connectivity index (χ3v) is 3.66. The number of nitrogens with one attached hydrogen (secondary N) is 1. The summed E-state index contributed by atoms with van der Waals surface area (Å²) in [5.74, 6) is 0.556. The van der Waals surface area contributed by atoms with Crippen LogP contribution in [0.2, 0.25) is 0 Å². The number of ether oxygens (including phenoxy) is 1. The second-order valence-electron chi connectivity index (χ2n) is 6.10. The van der Waals surface area contributed by atoms with E-state index in [1.807, 2.05) is 13.8 Å². The summed E-state index contributed by atoms with van der Waals surface area (Å²) in [6.45, 7) is 6.22. The van der Waals surface area contributed by atoms with E-state index in [9.17, 15) is 14.9 Å². The zero-order valence-corrected chi connectivity index (χ0v) is 13.4. The van der Waals surface area contributed by atoms with Crippen LogP contribution in [0.5, 0.6) is 0 Å². The van der Waals surface area contributed by atoms with Gasteiger partial charge in [0.1, 0.15) is 11.9 Å². The Morgan fingerprint density at radius 2 is 2.39 bits per heavy atom. The fraction of sp³-hybridized carbons (Fsp3) is 0.600. The molecule has 8 nitrogen and oxygen atoms in total. The van der Waals surface area contributed by atoms with Crippen molar-refractivity contribution in [2.75, 3.05) is 31.6 Å². The van der Waals surface area contributed by atoms with Crippen LogP contribution in [0.1, 0.15) is 20.3 Å². The van der Waals surface area contributed by atoms with Crippen molar-refractivity contribution < 1.29 is 14.5 Å². The third-order valence-electron chi connectivity index (χ3n) is 3.66. The number of carbonyl (C=O) groups excluding carboxylic acids is 1. The molecule has 1 N–H and O–H groups in total. The Morgan fingerprint density at radius 3 is 3.09 bits per heavy atom. The number of aromatic nitrogens is 1. The van der Waals surface area contributed by atoms with Crippen LogP contribution < -0.4 is 5.32 Å². The number of nitrogens with zero attached hydrogens (tertiary/aromatic N) is 3. The fourth-order valence-corrected chi connectivity index (χ4v) is 2.43. The summed E-state index contributed by atoms with van der Waals surface area (Å²) in [4.78, 5) is 27.8. The van der Waals surface area contributed by atoms with E-state index in [-0.39, 0.29) is 17.7 Å². The highest BCUT2D eigenvalue weighted by Crippen LogP contribution is 2.24. The highest BCUT2D eigenvalue weighted by Gasteiger charge is 2.27. The summed E-state index contributed by atoms with van der Waals surface area (Å²) in [5.41, 5.74) is 0.407. The van der Waals surface area contributed by atoms with Crippen LogP contribution in [0.4, 0.5) is 16.2 Å². The standard InChI is InChI=1S/C15H22N4O4/c1-11(2)10-23-15(20)18-6-4-12(9-18)7-17-13-3-5-16-8-14(13)19(21)22/h3,5,8,11-12H,4,6-7,9-10H2,1-2H3,(H,16,17). The summed E-state index contributed by atoms with van der Waals surface area (Å²) in [6, 6.07) is 1.59. The van der Waals surface area contributed by atoms with Gasteiger partial charge in [0.05, 0.1) is 11.5 Å². The van der Waals surface area contributed by atoms with Crippen molar-refractivity contribution in [2.45, 2.75) is 20.3 Å². The first kappa shape index (κ1) is 17.0. The maximum Gasteiger partial charge on any atom is 0.409 e. The van der Waals surface area contributed by atoms with Crippen LogP contribution in [0.3, 0.4) is 0 Å². The molecule has 1 aliphatic heterocycles.